The van der Waals surface area contributed by atoms with E-state index >= 15 is 0 Å². The van der Waals surface area contributed by atoms with Crippen LogP contribution in [0.5, 0.6) is 0 Å². The fraction of sp³-hybridized carbons (Fsp3) is 0.733. The van der Waals surface area contributed by atoms with Crippen LogP contribution < -0.4 is 5.73 Å². The molecule has 0 unspecified atom stereocenters. The maximum Gasteiger partial charge on any atom is 0.162 e. The Labute approximate surface area is 115 Å². The van der Waals surface area contributed by atoms with Gasteiger partial charge < -0.3 is 10.5 Å². The van der Waals surface area contributed by atoms with E-state index in [0.29, 0.717) is 5.82 Å². The van der Waals surface area contributed by atoms with Gasteiger partial charge in [0, 0.05) is 18.4 Å². The highest BCUT2D eigenvalue weighted by Gasteiger charge is 2.36. The number of aromatic nitrogens is 2. The number of nitrogens with two attached hydrogens (primary N) is 1. The predicted molar refractivity (Wildman–Crippen MR) is 76.9 cm³/mol. The number of hydrogen-bond acceptors (Lipinski definition) is 4. The lowest BCUT2D eigenvalue weighted by Gasteiger charge is -2.30. The molecule has 106 valence electrons. The molecule has 0 aromatic carbocycles. The van der Waals surface area contributed by atoms with Crippen LogP contribution in [0.25, 0.3) is 0 Å². The lowest BCUT2D eigenvalue weighted by Crippen LogP contribution is -2.31. The molecule has 0 spiro atoms. The quantitative estimate of drug-likeness (QED) is 0.851. The fourth-order valence-electron chi connectivity index (χ4n) is 3.08. The number of hydrogen-bond donors (Lipinski definition) is 1. The van der Waals surface area contributed by atoms with E-state index in [9.17, 15) is 0 Å². The molecular weight excluding hydrogens is 238 g/mol. The van der Waals surface area contributed by atoms with Gasteiger partial charge in [-0.15, -0.1) is 0 Å². The molecule has 0 amide bonds. The molecule has 0 atom stereocenters. The lowest BCUT2D eigenvalue weighted by atomic mass is 9.92. The van der Waals surface area contributed by atoms with E-state index in [-0.39, 0.29) is 5.60 Å². The van der Waals surface area contributed by atoms with Crippen LogP contribution in [0.15, 0.2) is 0 Å². The summed E-state index contributed by atoms with van der Waals surface area (Å²) in [7, 11) is 1.77. The van der Waals surface area contributed by atoms with E-state index in [1.165, 1.54) is 25.7 Å². The van der Waals surface area contributed by atoms with Gasteiger partial charge in [0.15, 0.2) is 5.82 Å². The van der Waals surface area contributed by atoms with E-state index in [1.54, 1.807) is 7.11 Å². The molecule has 0 aliphatic heterocycles. The molecule has 1 aromatic heterocycles. The standard InChI is InChI=1S/C15H25N3O/c1-4-12-11(2)17-14(18-13(12)16)15(19-3)9-7-5-6-8-10-15/h4-10H2,1-3H3,(H2,16,17,18). The van der Waals surface area contributed by atoms with Crippen molar-refractivity contribution in [3.63, 3.8) is 0 Å². The highest BCUT2D eigenvalue weighted by Crippen LogP contribution is 2.37. The summed E-state index contributed by atoms with van der Waals surface area (Å²) in [6.07, 6.45) is 7.75. The lowest BCUT2D eigenvalue weighted by molar-refractivity contribution is -0.0351. The number of methoxy groups -OCH3 is 1. The summed E-state index contributed by atoms with van der Waals surface area (Å²) >= 11 is 0. The molecule has 0 saturated heterocycles. The Morgan fingerprint density at radius 3 is 2.26 bits per heavy atom. The second-order valence-corrected chi connectivity index (χ2v) is 5.46. The molecule has 2 rings (SSSR count). The van der Waals surface area contributed by atoms with Gasteiger partial charge >= 0.3 is 0 Å². The summed E-state index contributed by atoms with van der Waals surface area (Å²) in [6.45, 7) is 4.10. The molecular formula is C15H25N3O. The highest BCUT2D eigenvalue weighted by molar-refractivity contribution is 5.42. The number of nitrogen functional groups attached to an aromatic ring is 1. The van der Waals surface area contributed by atoms with Crippen LogP contribution in [0, 0.1) is 6.92 Å². The SMILES string of the molecule is CCc1c(C)nc(C2(OC)CCCCCC2)nc1N. The first-order chi connectivity index (χ1) is 9.13. The third-order valence-electron chi connectivity index (χ3n) is 4.31. The van der Waals surface area contributed by atoms with Gasteiger partial charge in [0.1, 0.15) is 11.4 Å². The first-order valence-corrected chi connectivity index (χ1v) is 7.31. The van der Waals surface area contributed by atoms with Gasteiger partial charge in [-0.05, 0) is 26.2 Å². The zero-order chi connectivity index (χ0) is 13.9. The molecule has 0 bridgehead atoms. The summed E-state index contributed by atoms with van der Waals surface area (Å²) in [5.41, 5.74) is 7.80. The summed E-state index contributed by atoms with van der Waals surface area (Å²) in [5.74, 6) is 1.40. The topological polar surface area (TPSA) is 61.0 Å². The van der Waals surface area contributed by atoms with Crippen molar-refractivity contribution >= 4 is 5.82 Å². The van der Waals surface area contributed by atoms with Crippen molar-refractivity contribution in [2.75, 3.05) is 12.8 Å². The van der Waals surface area contributed by atoms with Crippen molar-refractivity contribution in [2.24, 2.45) is 0 Å². The zero-order valence-electron chi connectivity index (χ0n) is 12.3. The van der Waals surface area contributed by atoms with Gasteiger partial charge in [-0.25, -0.2) is 9.97 Å². The summed E-state index contributed by atoms with van der Waals surface area (Å²) in [5, 5.41) is 0. The zero-order valence-corrected chi connectivity index (χ0v) is 12.3. The third kappa shape index (κ3) is 2.73. The van der Waals surface area contributed by atoms with Crippen LogP contribution in [0.3, 0.4) is 0 Å². The number of rotatable bonds is 3. The highest BCUT2D eigenvalue weighted by atomic mass is 16.5. The molecule has 2 N–H and O–H groups in total. The van der Waals surface area contributed by atoms with E-state index in [2.05, 4.69) is 11.9 Å². The number of nitrogens with zero attached hydrogens (tertiary/aromatic N) is 2. The van der Waals surface area contributed by atoms with Gasteiger partial charge in [0.25, 0.3) is 0 Å². The van der Waals surface area contributed by atoms with Crippen LogP contribution in [-0.2, 0) is 16.8 Å². The third-order valence-corrected chi connectivity index (χ3v) is 4.31. The maximum atomic E-state index is 6.09. The molecule has 1 aromatic rings. The van der Waals surface area contributed by atoms with Crippen LogP contribution in [0.4, 0.5) is 5.82 Å². The van der Waals surface area contributed by atoms with Gasteiger partial charge in [0.2, 0.25) is 0 Å². The van der Waals surface area contributed by atoms with Gasteiger partial charge in [-0.2, -0.15) is 0 Å². The van der Waals surface area contributed by atoms with Crippen LogP contribution in [0.1, 0.15) is 62.5 Å². The molecule has 4 nitrogen and oxygen atoms in total. The Balaban J connectivity index is 2.42. The van der Waals surface area contributed by atoms with Gasteiger partial charge in [0.05, 0.1) is 0 Å². The van der Waals surface area contributed by atoms with Crippen LogP contribution >= 0.6 is 0 Å². The summed E-state index contributed by atoms with van der Waals surface area (Å²) in [6, 6.07) is 0. The second kappa shape index (κ2) is 5.87. The molecule has 1 aliphatic carbocycles. The largest absolute Gasteiger partial charge is 0.383 e. The van der Waals surface area contributed by atoms with Gasteiger partial charge in [-0.1, -0.05) is 32.6 Å². The van der Waals surface area contributed by atoms with E-state index in [1.807, 2.05) is 6.92 Å². The van der Waals surface area contributed by atoms with Crippen molar-refractivity contribution in [3.8, 4) is 0 Å². The average molecular weight is 263 g/mol. The Morgan fingerprint density at radius 1 is 1.16 bits per heavy atom. The van der Waals surface area contributed by atoms with E-state index in [4.69, 9.17) is 15.5 Å². The van der Waals surface area contributed by atoms with E-state index < -0.39 is 0 Å². The first-order valence-electron chi connectivity index (χ1n) is 7.31. The molecule has 0 radical (unpaired) electrons. The molecule has 1 saturated carbocycles. The Morgan fingerprint density at radius 2 is 1.79 bits per heavy atom. The van der Waals surface area contributed by atoms with Crippen molar-refractivity contribution < 1.29 is 4.74 Å². The Hall–Kier alpha value is -1.16. The summed E-state index contributed by atoms with van der Waals surface area (Å²) in [4.78, 5) is 9.25. The molecule has 19 heavy (non-hydrogen) atoms. The Bertz CT molecular complexity index is 414. The Kier molecular flexibility index (Phi) is 4.40. The minimum atomic E-state index is -0.332. The predicted octanol–water partition coefficient (Wildman–Crippen LogP) is 3.13. The number of aryl methyl sites for hydroxylation is 1. The minimum Gasteiger partial charge on any atom is -0.383 e. The van der Waals surface area contributed by atoms with Crippen LogP contribution in [0.2, 0.25) is 0 Å². The van der Waals surface area contributed by atoms with E-state index in [0.717, 1.165) is 36.3 Å². The van der Waals surface area contributed by atoms with Crippen molar-refractivity contribution in [1.29, 1.82) is 0 Å². The average Bonchev–Trinajstić information content (AvgIpc) is 2.64. The smallest absolute Gasteiger partial charge is 0.162 e. The van der Waals surface area contributed by atoms with Crippen LogP contribution in [-0.4, -0.2) is 17.1 Å². The number of ether oxygens (including phenoxy) is 1. The van der Waals surface area contributed by atoms with Crippen molar-refractivity contribution in [2.45, 2.75) is 64.4 Å². The maximum absolute atomic E-state index is 6.09. The molecule has 1 heterocycles. The monoisotopic (exact) mass is 263 g/mol. The fourth-order valence-corrected chi connectivity index (χ4v) is 3.08. The van der Waals surface area contributed by atoms with Crippen molar-refractivity contribution in [3.05, 3.63) is 17.1 Å². The molecule has 1 fully saturated rings. The van der Waals surface area contributed by atoms with Crippen molar-refractivity contribution in [1.82, 2.24) is 9.97 Å². The molecule has 4 heteroatoms. The normalized spacial score (nSPS) is 19.1. The summed E-state index contributed by atoms with van der Waals surface area (Å²) < 4.78 is 5.85. The number of anilines is 1. The molecule has 1 aliphatic rings. The van der Waals surface area contributed by atoms with Gasteiger partial charge in [-0.3, -0.25) is 0 Å². The minimum absolute atomic E-state index is 0.332. The first kappa shape index (κ1) is 14.3. The second-order valence-electron chi connectivity index (χ2n) is 5.46.